The average Bonchev–Trinajstić information content (AvgIpc) is 1.65. The number of H-pyrrole nitrogens is 1. The van der Waals surface area contributed by atoms with E-state index in [0.29, 0.717) is 40.9 Å². The van der Waals surface area contributed by atoms with Crippen molar-refractivity contribution in [2.75, 3.05) is 19.8 Å². The SMILES string of the molecule is Brc1nc(Br)c(Br)[nH]1.CCc1cccc(CC)c1-c1nc(Br)c(Br)n1CC.CCc1cccc(CC)c1-c1nc(Br)c(C=O)n1CC.CCc1cccc(CC)c1-c1nc(Br)c(CCl)n1CC.CCc1cccc(CC)c1-c1nc(Br)c(CO)n1CC.CCc1cccc(CC)c1B(O)O.CCn1c(Br)nc(Br)c1Br.c1cc2c(cc1C1CCCCN1)OCCO2. The van der Waals surface area contributed by atoms with Crippen molar-refractivity contribution in [3.8, 4) is 57.1 Å². The fraction of sp³-hybridized carbons (Fsp3) is 0.415. The summed E-state index contributed by atoms with van der Waals surface area (Å²) in [6.45, 7) is 38.5. The number of aromatic nitrogens is 12. The number of benzene rings is 6. The molecule has 2 aliphatic heterocycles. The van der Waals surface area contributed by atoms with E-state index in [1.165, 1.54) is 91.6 Å². The van der Waals surface area contributed by atoms with Crippen molar-refractivity contribution >= 4 is 206 Å². The molecule has 8 heterocycles. The van der Waals surface area contributed by atoms with Crippen molar-refractivity contribution in [3.05, 3.63) is 238 Å². The summed E-state index contributed by atoms with van der Waals surface area (Å²) in [7, 11) is -1.34. The van der Waals surface area contributed by atoms with Gasteiger partial charge < -0.3 is 57.8 Å². The first kappa shape index (κ1) is 108. The van der Waals surface area contributed by atoms with Crippen LogP contribution < -0.4 is 20.3 Å². The predicted molar refractivity (Wildman–Crippen MR) is 557 cm³/mol. The fourth-order valence-electron chi connectivity index (χ4n) is 15.3. The number of nitrogens with zero attached hydrogens (tertiary/aromatic N) is 11. The molecule has 19 nitrogen and oxygen atoms in total. The number of carbonyl (C=O) groups excluding carboxylic acids is 1. The number of halogens is 12. The first-order valence-electron chi connectivity index (χ1n) is 43.1. The van der Waals surface area contributed by atoms with E-state index in [1.54, 1.807) is 0 Å². The van der Waals surface area contributed by atoms with Crippen LogP contribution in [0.3, 0.4) is 0 Å². The Morgan fingerprint density at radius 2 is 0.794 bits per heavy atom. The van der Waals surface area contributed by atoms with E-state index in [0.717, 1.165) is 213 Å². The van der Waals surface area contributed by atoms with Gasteiger partial charge in [0.15, 0.2) is 27.3 Å². The summed E-state index contributed by atoms with van der Waals surface area (Å²) in [5.41, 5.74) is 22.1. The molecule has 0 radical (unpaired) electrons. The summed E-state index contributed by atoms with van der Waals surface area (Å²) in [6, 6.07) is 38.5. The van der Waals surface area contributed by atoms with E-state index < -0.39 is 7.12 Å². The Bertz CT molecular complexity index is 5250. The third-order valence-electron chi connectivity index (χ3n) is 21.7. The third kappa shape index (κ3) is 27.8. The number of ether oxygens (including phenoxy) is 2. The zero-order chi connectivity index (χ0) is 92.6. The van der Waals surface area contributed by atoms with Gasteiger partial charge in [0.25, 0.3) is 0 Å². The van der Waals surface area contributed by atoms with Crippen LogP contribution >= 0.6 is 187 Å². The Balaban J connectivity index is 0.000000200. The van der Waals surface area contributed by atoms with Crippen molar-refractivity contribution in [3.63, 3.8) is 0 Å². The highest BCUT2D eigenvalue weighted by Crippen LogP contribution is 2.40. The van der Waals surface area contributed by atoms with Gasteiger partial charge in [0, 0.05) is 61.0 Å². The standard InChI is InChI=1S/C16H20BrClN2.C16H21BrN2O.C16H19BrN2O.C15H18Br2N2.C13H17NO2.C10H15BO2.C5H5Br3N2.C3HBr3N2/c1-4-11-8-7-9-12(5-2)14(11)16-19-15(17)13(10-18)20(16)6-3;2*1-4-11-8-7-9-12(5-2)14(11)16-18-15(17)13(10-20)19(16)6-3;1-4-10-8-7-9-11(5-2)12(10)15-18-13(16)14(17)19(15)6-3;1-2-6-14-11(3-1)10-4-5-12-13(9-10)16-8-7-15-12;1-3-8-6-5-7-9(4-2)10(8)11(12)13;1-2-10-4(7)3(6)9-5(10)8;4-1-2(5)8-3(6)7-1/h7-9H,4-6,10H2,1-3H3;7-9,20H,4-6,10H2,1-3H3;7-10H,4-6H2,1-3H3;7-9H,4-6H2,1-3H3;4-5,9,11,14H,1-3,6-8H2;5-7,12-13H,3-4H2,1-2H3;2H2,1H3;(H,7,8). The molecule has 0 spiro atoms. The number of alkyl halides is 1. The lowest BCUT2D eigenvalue weighted by Gasteiger charge is -2.25. The van der Waals surface area contributed by atoms with Crippen LogP contribution in [-0.4, -0.2) is 106 Å². The third-order valence-corrected chi connectivity index (χ3v) is 30.3. The van der Waals surface area contributed by atoms with Gasteiger partial charge in [0.2, 0.25) is 0 Å². The second kappa shape index (κ2) is 55.1. The predicted octanol–water partition coefficient (Wildman–Crippen LogP) is 27.3. The molecule has 1 fully saturated rings. The lowest BCUT2D eigenvalue weighted by Crippen LogP contribution is -2.35. The quantitative estimate of drug-likeness (QED) is 0.0216. The number of imidazole rings is 6. The molecule has 1 unspecified atom stereocenters. The van der Waals surface area contributed by atoms with Crippen LogP contribution in [0.25, 0.3) is 45.6 Å². The molecule has 5 N–H and O–H groups in total. The van der Waals surface area contributed by atoms with Gasteiger partial charge in [-0.3, -0.25) is 4.79 Å². The number of aromatic amines is 1. The number of aldehydes is 1. The average molecular weight is 2450 g/mol. The molecule has 0 saturated carbocycles. The van der Waals surface area contributed by atoms with E-state index >= 15 is 0 Å². The number of hydrogen-bond acceptors (Lipinski definition) is 13. The number of piperidine rings is 1. The highest BCUT2D eigenvalue weighted by atomic mass is 79.9. The maximum absolute atomic E-state index is 11.3. The van der Waals surface area contributed by atoms with E-state index in [1.807, 2.05) is 54.2 Å². The van der Waals surface area contributed by atoms with E-state index in [9.17, 15) is 19.9 Å². The summed E-state index contributed by atoms with van der Waals surface area (Å²) in [6.07, 6.45) is 14.3. The number of nitrogens with one attached hydrogen (secondary N) is 2. The molecule has 14 rings (SSSR count). The number of aliphatic hydroxyl groups is 1. The zero-order valence-corrected chi connectivity index (χ0v) is 92.6. The highest BCUT2D eigenvalue weighted by molar-refractivity contribution is 9.14. The van der Waals surface area contributed by atoms with Crippen molar-refractivity contribution in [1.29, 1.82) is 0 Å². The Hall–Kier alpha value is -4.68. The minimum absolute atomic E-state index is 0.00280. The molecule has 0 bridgehead atoms. The van der Waals surface area contributed by atoms with Crippen LogP contribution in [0.2, 0.25) is 0 Å². The summed E-state index contributed by atoms with van der Waals surface area (Å²) in [5, 5.41) is 31.5. The lowest BCUT2D eigenvalue weighted by molar-refractivity contribution is 0.111. The van der Waals surface area contributed by atoms with Gasteiger partial charge in [0.05, 0.1) is 23.9 Å². The van der Waals surface area contributed by atoms with Gasteiger partial charge in [-0.25, -0.2) is 29.9 Å². The molecular formula is C94H116BBr11ClN13O6. The smallest absolute Gasteiger partial charge is 0.486 e. The molecule has 0 amide bonds. The van der Waals surface area contributed by atoms with Gasteiger partial charge >= 0.3 is 7.12 Å². The number of aryl methyl sites for hydroxylation is 10. The van der Waals surface area contributed by atoms with Crippen molar-refractivity contribution in [1.82, 2.24) is 63.0 Å². The van der Waals surface area contributed by atoms with Gasteiger partial charge in [-0.05, 0) is 372 Å². The Morgan fingerprint density at radius 1 is 0.429 bits per heavy atom. The first-order chi connectivity index (χ1) is 60.6. The highest BCUT2D eigenvalue weighted by Gasteiger charge is 2.26. The molecule has 6 aromatic heterocycles. The van der Waals surface area contributed by atoms with Crippen molar-refractivity contribution < 1.29 is 29.4 Å². The Labute approximate surface area is 842 Å². The molecule has 1 atom stereocenters. The summed E-state index contributed by atoms with van der Waals surface area (Å²) in [4.78, 5) is 40.9. The number of hydrogen-bond donors (Lipinski definition) is 5. The number of rotatable bonds is 24. The molecule has 2 aliphatic rings. The molecule has 6 aromatic carbocycles. The number of aliphatic hydroxyl groups excluding tert-OH is 1. The van der Waals surface area contributed by atoms with E-state index in [-0.39, 0.29) is 6.61 Å². The van der Waals surface area contributed by atoms with Crippen LogP contribution in [0.1, 0.15) is 212 Å². The van der Waals surface area contributed by atoms with Crippen molar-refractivity contribution in [2.45, 2.75) is 239 Å². The second-order valence-corrected chi connectivity index (χ2v) is 37.3. The molecule has 126 heavy (non-hydrogen) atoms. The molecule has 1 saturated heterocycles. The minimum Gasteiger partial charge on any atom is -0.486 e. The molecule has 32 heteroatoms. The lowest BCUT2D eigenvalue weighted by atomic mass is 9.73. The summed E-state index contributed by atoms with van der Waals surface area (Å²) >= 11 is 43.2. The van der Waals surface area contributed by atoms with Gasteiger partial charge in [-0.15, -0.1) is 11.6 Å². The molecular weight excluding hydrogens is 2330 g/mol. The maximum Gasteiger partial charge on any atom is 0.488 e. The summed E-state index contributed by atoms with van der Waals surface area (Å²) in [5.74, 6) is 6.17. The van der Waals surface area contributed by atoms with Crippen LogP contribution in [0.5, 0.6) is 11.5 Å². The van der Waals surface area contributed by atoms with Gasteiger partial charge in [-0.2, -0.15) is 0 Å². The van der Waals surface area contributed by atoms with Crippen LogP contribution in [0.4, 0.5) is 0 Å². The van der Waals surface area contributed by atoms with Crippen LogP contribution in [-0.2, 0) is 109 Å². The topological polar surface area (TPSA) is 226 Å². The maximum atomic E-state index is 11.3. The number of fused-ring (bicyclic) bond motifs is 1. The van der Waals surface area contributed by atoms with Crippen LogP contribution in [0.15, 0.2) is 160 Å². The molecule has 12 aromatic rings. The first-order valence-corrected chi connectivity index (χ1v) is 52.4. The normalized spacial score (nSPS) is 12.4. The fourth-order valence-corrected chi connectivity index (χ4v) is 21.5. The summed E-state index contributed by atoms with van der Waals surface area (Å²) < 4.78 is 30.7. The van der Waals surface area contributed by atoms with Gasteiger partial charge in [0.1, 0.15) is 83.6 Å². The molecule has 680 valence electrons. The van der Waals surface area contributed by atoms with Crippen LogP contribution in [0, 0.1) is 0 Å². The zero-order valence-electron chi connectivity index (χ0n) is 74.4. The van der Waals surface area contributed by atoms with Crippen molar-refractivity contribution in [2.24, 2.45) is 0 Å². The van der Waals surface area contributed by atoms with Gasteiger partial charge in [-0.1, -0.05) is 173 Å². The largest absolute Gasteiger partial charge is 0.488 e. The van der Waals surface area contributed by atoms with E-state index in [4.69, 9.17) is 31.0 Å². The Morgan fingerprint density at radius 3 is 1.12 bits per heavy atom. The molecule has 0 aliphatic carbocycles. The van der Waals surface area contributed by atoms with E-state index in [2.05, 4.69) is 387 Å². The Kier molecular flexibility index (Phi) is 47.4. The number of carbonyl (C=O) groups is 1. The monoisotopic (exact) mass is 2440 g/mol. The minimum atomic E-state index is -1.34. The second-order valence-electron chi connectivity index (χ2n) is 28.8.